The van der Waals surface area contributed by atoms with Gasteiger partial charge in [0.15, 0.2) is 0 Å². The first-order valence-corrected chi connectivity index (χ1v) is 8.87. The van der Waals surface area contributed by atoms with Crippen LogP contribution in [0.15, 0.2) is 42.5 Å². The minimum Gasteiger partial charge on any atom is -0.497 e. The third kappa shape index (κ3) is 4.22. The summed E-state index contributed by atoms with van der Waals surface area (Å²) in [5, 5.41) is 2.92. The van der Waals surface area contributed by atoms with Crippen molar-refractivity contribution < 1.29 is 19.1 Å². The smallest absolute Gasteiger partial charge is 0.227 e. The third-order valence-electron chi connectivity index (χ3n) is 4.75. The zero-order valence-electron chi connectivity index (χ0n) is 15.8. The fourth-order valence-corrected chi connectivity index (χ4v) is 3.20. The Kier molecular flexibility index (Phi) is 5.64. The van der Waals surface area contributed by atoms with Gasteiger partial charge >= 0.3 is 0 Å². The van der Waals surface area contributed by atoms with Gasteiger partial charge in [0.2, 0.25) is 11.8 Å². The summed E-state index contributed by atoms with van der Waals surface area (Å²) >= 11 is 0. The summed E-state index contributed by atoms with van der Waals surface area (Å²) in [6.07, 6.45) is 0.200. The lowest BCUT2D eigenvalue weighted by molar-refractivity contribution is -0.126. The largest absolute Gasteiger partial charge is 0.497 e. The highest BCUT2D eigenvalue weighted by Gasteiger charge is 2.36. The number of anilines is 1. The maximum Gasteiger partial charge on any atom is 0.227 e. The molecule has 0 radical (unpaired) electrons. The normalized spacial score (nSPS) is 16.3. The summed E-state index contributed by atoms with van der Waals surface area (Å²) in [6.45, 7) is 2.73. The van der Waals surface area contributed by atoms with Crippen molar-refractivity contribution in [3.05, 3.63) is 53.6 Å². The number of nitrogens with zero attached hydrogens (tertiary/aromatic N) is 1. The number of carbonyl (C=O) groups excluding carboxylic acids is 2. The highest BCUT2D eigenvalue weighted by Crippen LogP contribution is 2.33. The molecule has 1 heterocycles. The van der Waals surface area contributed by atoms with Crippen LogP contribution < -0.4 is 19.7 Å². The molecule has 0 saturated carbocycles. The van der Waals surface area contributed by atoms with Crippen molar-refractivity contribution in [3.63, 3.8) is 0 Å². The fraction of sp³-hybridized carbons (Fsp3) is 0.333. The molecular formula is C21H24N2O4. The van der Waals surface area contributed by atoms with Gasteiger partial charge < -0.3 is 19.7 Å². The van der Waals surface area contributed by atoms with Crippen LogP contribution in [0.3, 0.4) is 0 Å². The van der Waals surface area contributed by atoms with Crippen molar-refractivity contribution in [2.75, 3.05) is 25.7 Å². The molecule has 1 aliphatic rings. The van der Waals surface area contributed by atoms with E-state index in [0.717, 1.165) is 16.9 Å². The third-order valence-corrected chi connectivity index (χ3v) is 4.75. The van der Waals surface area contributed by atoms with E-state index >= 15 is 0 Å². The summed E-state index contributed by atoms with van der Waals surface area (Å²) in [6, 6.07) is 13.2. The zero-order chi connectivity index (χ0) is 19.4. The predicted octanol–water partition coefficient (Wildman–Crippen LogP) is 2.68. The summed E-state index contributed by atoms with van der Waals surface area (Å²) in [5.74, 6) is 0.847. The van der Waals surface area contributed by atoms with Crippen LogP contribution in [-0.4, -0.2) is 32.6 Å². The summed E-state index contributed by atoms with van der Waals surface area (Å²) in [4.78, 5) is 26.7. The molecule has 0 spiro atoms. The van der Waals surface area contributed by atoms with E-state index in [1.54, 1.807) is 19.1 Å². The van der Waals surface area contributed by atoms with Gasteiger partial charge in [-0.3, -0.25) is 9.59 Å². The molecule has 0 aliphatic carbocycles. The Bertz CT molecular complexity index is 833. The van der Waals surface area contributed by atoms with Crippen LogP contribution in [0.2, 0.25) is 0 Å². The van der Waals surface area contributed by atoms with Gasteiger partial charge in [0.1, 0.15) is 11.5 Å². The second-order valence-electron chi connectivity index (χ2n) is 6.65. The monoisotopic (exact) mass is 368 g/mol. The van der Waals surface area contributed by atoms with E-state index in [1.807, 2.05) is 49.4 Å². The number of amides is 2. The van der Waals surface area contributed by atoms with Crippen LogP contribution in [0, 0.1) is 12.8 Å². The van der Waals surface area contributed by atoms with Crippen LogP contribution in [-0.2, 0) is 16.1 Å². The second kappa shape index (κ2) is 8.12. The van der Waals surface area contributed by atoms with Gasteiger partial charge in [-0.05, 0) is 42.3 Å². The predicted molar refractivity (Wildman–Crippen MR) is 103 cm³/mol. The fourth-order valence-electron chi connectivity index (χ4n) is 3.20. The van der Waals surface area contributed by atoms with Crippen LogP contribution in [0.1, 0.15) is 17.5 Å². The Labute approximate surface area is 159 Å². The molecule has 1 atom stereocenters. The Balaban J connectivity index is 1.64. The molecule has 2 amide bonds. The Morgan fingerprint density at radius 1 is 1.15 bits per heavy atom. The first kappa shape index (κ1) is 18.8. The summed E-state index contributed by atoms with van der Waals surface area (Å²) in [5.41, 5.74) is 2.73. The molecule has 0 bridgehead atoms. The number of methoxy groups -OCH3 is 2. The molecule has 6 nitrogen and oxygen atoms in total. The van der Waals surface area contributed by atoms with Crippen molar-refractivity contribution in [2.24, 2.45) is 5.92 Å². The minimum atomic E-state index is -0.374. The number of carbonyl (C=O) groups is 2. The minimum absolute atomic E-state index is 0.0662. The Hall–Kier alpha value is -3.02. The Morgan fingerprint density at radius 2 is 1.89 bits per heavy atom. The molecule has 2 aromatic carbocycles. The first-order valence-electron chi connectivity index (χ1n) is 8.87. The summed E-state index contributed by atoms with van der Waals surface area (Å²) < 4.78 is 10.5. The lowest BCUT2D eigenvalue weighted by Crippen LogP contribution is -2.32. The number of aryl methyl sites for hydroxylation is 1. The lowest BCUT2D eigenvalue weighted by atomic mass is 10.1. The quantitative estimate of drug-likeness (QED) is 0.851. The molecule has 142 valence electrons. The average molecular weight is 368 g/mol. The van der Waals surface area contributed by atoms with E-state index in [9.17, 15) is 9.59 Å². The van der Waals surface area contributed by atoms with Gasteiger partial charge in [-0.15, -0.1) is 0 Å². The van der Waals surface area contributed by atoms with Crippen molar-refractivity contribution >= 4 is 17.5 Å². The number of hydrogen-bond donors (Lipinski definition) is 1. The molecule has 0 unspecified atom stereocenters. The first-order chi connectivity index (χ1) is 13.0. The zero-order valence-corrected chi connectivity index (χ0v) is 15.8. The van der Waals surface area contributed by atoms with Crippen molar-refractivity contribution in [1.82, 2.24) is 5.32 Å². The highest BCUT2D eigenvalue weighted by atomic mass is 16.5. The van der Waals surface area contributed by atoms with Gasteiger partial charge in [-0.2, -0.15) is 0 Å². The number of hydrogen-bond acceptors (Lipinski definition) is 4. The van der Waals surface area contributed by atoms with Crippen molar-refractivity contribution in [1.29, 1.82) is 0 Å². The van der Waals surface area contributed by atoms with E-state index in [2.05, 4.69) is 5.32 Å². The maximum absolute atomic E-state index is 12.5. The number of benzene rings is 2. The molecule has 1 N–H and O–H groups in total. The molecule has 6 heteroatoms. The van der Waals surface area contributed by atoms with Crippen LogP contribution in [0.5, 0.6) is 11.5 Å². The van der Waals surface area contributed by atoms with Crippen molar-refractivity contribution in [2.45, 2.75) is 19.9 Å². The van der Waals surface area contributed by atoms with E-state index in [1.165, 1.54) is 0 Å². The lowest BCUT2D eigenvalue weighted by Gasteiger charge is -2.20. The van der Waals surface area contributed by atoms with E-state index in [-0.39, 0.29) is 24.2 Å². The molecule has 0 aromatic heterocycles. The van der Waals surface area contributed by atoms with Crippen LogP contribution >= 0.6 is 0 Å². The molecular weight excluding hydrogens is 344 g/mol. The van der Waals surface area contributed by atoms with Gasteiger partial charge in [0, 0.05) is 19.5 Å². The number of rotatable bonds is 6. The van der Waals surface area contributed by atoms with Crippen molar-refractivity contribution in [3.8, 4) is 11.5 Å². The summed E-state index contributed by atoms with van der Waals surface area (Å²) in [7, 11) is 3.19. The van der Waals surface area contributed by atoms with E-state index in [0.29, 0.717) is 24.5 Å². The molecule has 1 aliphatic heterocycles. The topological polar surface area (TPSA) is 67.9 Å². The average Bonchev–Trinajstić information content (AvgIpc) is 3.08. The van der Waals surface area contributed by atoms with Gasteiger partial charge in [0.05, 0.1) is 25.8 Å². The maximum atomic E-state index is 12.5. The molecule has 1 fully saturated rings. The van der Waals surface area contributed by atoms with E-state index in [4.69, 9.17) is 9.47 Å². The highest BCUT2D eigenvalue weighted by molar-refractivity contribution is 6.01. The number of nitrogens with one attached hydrogen (secondary N) is 1. The SMILES string of the molecule is COc1ccc(CNC(=O)[C@H]2CC(=O)N(c3cc(C)ccc3OC)C2)cc1. The number of ether oxygens (including phenoxy) is 2. The molecule has 2 aromatic rings. The van der Waals surface area contributed by atoms with Crippen LogP contribution in [0.4, 0.5) is 5.69 Å². The standard InChI is InChI=1S/C21H24N2O4/c1-14-4-9-19(27-3)18(10-14)23-13-16(11-20(23)24)21(25)22-12-15-5-7-17(26-2)8-6-15/h4-10,16H,11-13H2,1-3H3,(H,22,25)/t16-/m0/s1. The van der Waals surface area contributed by atoms with Gasteiger partial charge in [-0.1, -0.05) is 18.2 Å². The second-order valence-corrected chi connectivity index (χ2v) is 6.65. The van der Waals surface area contributed by atoms with Gasteiger partial charge in [-0.25, -0.2) is 0 Å². The molecule has 3 rings (SSSR count). The Morgan fingerprint density at radius 3 is 2.56 bits per heavy atom. The molecule has 1 saturated heterocycles. The van der Waals surface area contributed by atoms with E-state index < -0.39 is 0 Å². The van der Waals surface area contributed by atoms with Gasteiger partial charge in [0.25, 0.3) is 0 Å². The van der Waals surface area contributed by atoms with Crippen LogP contribution in [0.25, 0.3) is 0 Å². The molecule has 27 heavy (non-hydrogen) atoms.